The summed E-state index contributed by atoms with van der Waals surface area (Å²) in [6.45, 7) is 3.77. The van der Waals surface area contributed by atoms with E-state index in [9.17, 15) is 18.9 Å². The van der Waals surface area contributed by atoms with Crippen molar-refractivity contribution in [3.8, 4) is 5.75 Å². The summed E-state index contributed by atoms with van der Waals surface area (Å²) < 4.78 is 15.5. The molecule has 36 heavy (non-hydrogen) atoms. The van der Waals surface area contributed by atoms with Crippen molar-refractivity contribution in [1.29, 1.82) is 0 Å². The normalized spacial score (nSPS) is 16.0. The molecule has 2 rings (SSSR count). The lowest BCUT2D eigenvalue weighted by atomic mass is 9.86. The minimum absolute atomic E-state index is 0.0178. The number of carbonyl (C=O) groups excluding carboxylic acids is 3. The summed E-state index contributed by atoms with van der Waals surface area (Å²) in [4.78, 5) is 57.3. The fraction of sp³-hybridized carbons (Fsp3) is 0.640. The first-order chi connectivity index (χ1) is 17.0. The van der Waals surface area contributed by atoms with Crippen LogP contribution in [0.3, 0.4) is 0 Å². The van der Waals surface area contributed by atoms with Gasteiger partial charge in [0.2, 0.25) is 17.7 Å². The molecule has 1 saturated carbocycles. The predicted octanol–water partition coefficient (Wildman–Crippen LogP) is 2.92. The Labute approximate surface area is 213 Å². The number of likely N-dealkylation sites (N-methyl/N-ethyl adjacent to an activating group) is 1. The fourth-order valence-electron chi connectivity index (χ4n) is 4.59. The van der Waals surface area contributed by atoms with E-state index < -0.39 is 31.7 Å². The molecule has 3 amide bonds. The van der Waals surface area contributed by atoms with Gasteiger partial charge in [0.25, 0.3) is 0 Å². The molecular weight excluding hydrogens is 485 g/mol. The maximum absolute atomic E-state index is 13.0. The number of phosphoric acid groups is 1. The van der Waals surface area contributed by atoms with Crippen molar-refractivity contribution in [3.05, 3.63) is 29.8 Å². The Morgan fingerprint density at radius 1 is 1.08 bits per heavy atom. The molecule has 1 fully saturated rings. The maximum Gasteiger partial charge on any atom is 0.524 e. The molecule has 0 bridgehead atoms. The van der Waals surface area contributed by atoms with Crippen LogP contribution in [-0.4, -0.2) is 58.1 Å². The van der Waals surface area contributed by atoms with Crippen LogP contribution in [0, 0.1) is 5.92 Å². The predicted molar refractivity (Wildman–Crippen MR) is 136 cm³/mol. The standard InChI is InChI=1S/C25H40N3O7P/c1-4-22(25(31)28(3)16-8-11-19-9-6-5-7-10-19)27-24(30)23(26-18(2)29)17-20-12-14-21(15-13-20)35-36(32,33)34/h12-15,19,22-23H,4-11,16-17H2,1-3H3,(H,26,29)(H,27,30)(H2,32,33,34)/t22-,23+/m1/s1. The average molecular weight is 526 g/mol. The third-order valence-corrected chi connectivity index (χ3v) is 6.96. The SMILES string of the molecule is CC[C@@H](NC(=O)[C@H](Cc1ccc(OP(=O)(O)O)cc1)NC(C)=O)C(=O)N(C)CCCC1CCCCC1. The Morgan fingerprint density at radius 3 is 2.28 bits per heavy atom. The lowest BCUT2D eigenvalue weighted by molar-refractivity contribution is -0.136. The van der Waals surface area contributed by atoms with E-state index >= 15 is 0 Å². The fourth-order valence-corrected chi connectivity index (χ4v) is 4.99. The Morgan fingerprint density at radius 2 is 1.72 bits per heavy atom. The summed E-state index contributed by atoms with van der Waals surface area (Å²) in [5.41, 5.74) is 0.640. The first kappa shape index (κ1) is 29.8. The number of rotatable bonds is 13. The molecule has 11 heteroatoms. The number of nitrogens with zero attached hydrogens (tertiary/aromatic N) is 1. The van der Waals surface area contributed by atoms with Gasteiger partial charge in [0.05, 0.1) is 0 Å². The first-order valence-corrected chi connectivity index (χ1v) is 14.2. The molecule has 2 atom stereocenters. The summed E-state index contributed by atoms with van der Waals surface area (Å²) in [6.07, 6.45) is 9.06. The van der Waals surface area contributed by atoms with Gasteiger partial charge in [-0.2, -0.15) is 0 Å². The summed E-state index contributed by atoms with van der Waals surface area (Å²) in [6, 6.07) is 4.22. The molecule has 4 N–H and O–H groups in total. The van der Waals surface area contributed by atoms with Gasteiger partial charge < -0.3 is 20.1 Å². The Kier molecular flexibility index (Phi) is 11.9. The molecule has 1 aliphatic carbocycles. The highest BCUT2D eigenvalue weighted by Crippen LogP contribution is 2.37. The summed E-state index contributed by atoms with van der Waals surface area (Å²) in [5, 5.41) is 5.40. The van der Waals surface area contributed by atoms with Gasteiger partial charge in [-0.3, -0.25) is 24.2 Å². The van der Waals surface area contributed by atoms with Crippen molar-refractivity contribution in [2.24, 2.45) is 5.92 Å². The van der Waals surface area contributed by atoms with E-state index in [-0.39, 0.29) is 18.1 Å². The highest BCUT2D eigenvalue weighted by atomic mass is 31.2. The lowest BCUT2D eigenvalue weighted by Crippen LogP contribution is -2.54. The van der Waals surface area contributed by atoms with Crippen molar-refractivity contribution >= 4 is 25.5 Å². The van der Waals surface area contributed by atoms with Crippen molar-refractivity contribution in [2.45, 2.75) is 83.7 Å². The minimum Gasteiger partial charge on any atom is -0.404 e. The topological polar surface area (TPSA) is 145 Å². The summed E-state index contributed by atoms with van der Waals surface area (Å²) in [5.74, 6) is -0.294. The molecule has 0 heterocycles. The molecule has 0 radical (unpaired) electrons. The monoisotopic (exact) mass is 525 g/mol. The number of hydrogen-bond donors (Lipinski definition) is 4. The number of benzene rings is 1. The van der Waals surface area contributed by atoms with Crippen molar-refractivity contribution < 1.29 is 33.3 Å². The average Bonchev–Trinajstić information content (AvgIpc) is 2.82. The number of phosphoric ester groups is 1. The third-order valence-electron chi connectivity index (χ3n) is 6.51. The molecule has 1 aromatic rings. The van der Waals surface area contributed by atoms with Crippen molar-refractivity contribution in [2.75, 3.05) is 13.6 Å². The van der Waals surface area contributed by atoms with Crippen LogP contribution in [0.25, 0.3) is 0 Å². The van der Waals surface area contributed by atoms with E-state index in [0.717, 1.165) is 18.8 Å². The Bertz CT molecular complexity index is 913. The van der Waals surface area contributed by atoms with Crippen LogP contribution in [0.1, 0.15) is 70.8 Å². The van der Waals surface area contributed by atoms with Gasteiger partial charge in [-0.15, -0.1) is 0 Å². The molecule has 10 nitrogen and oxygen atoms in total. The van der Waals surface area contributed by atoms with Gasteiger partial charge in [0, 0.05) is 26.9 Å². The second-order valence-corrected chi connectivity index (χ2v) is 10.7. The highest BCUT2D eigenvalue weighted by Gasteiger charge is 2.27. The molecule has 0 aromatic heterocycles. The van der Waals surface area contributed by atoms with Gasteiger partial charge in [-0.1, -0.05) is 51.2 Å². The Balaban J connectivity index is 1.94. The lowest BCUT2D eigenvalue weighted by Gasteiger charge is -2.27. The van der Waals surface area contributed by atoms with Crippen LogP contribution in [0.2, 0.25) is 0 Å². The second kappa shape index (κ2) is 14.4. The maximum atomic E-state index is 13.0. The van der Waals surface area contributed by atoms with Gasteiger partial charge >= 0.3 is 7.82 Å². The van der Waals surface area contributed by atoms with Gasteiger partial charge in [-0.05, 0) is 42.9 Å². The minimum atomic E-state index is -4.67. The Hall–Kier alpha value is -2.42. The van der Waals surface area contributed by atoms with Crippen molar-refractivity contribution in [3.63, 3.8) is 0 Å². The number of carbonyl (C=O) groups is 3. The van der Waals surface area contributed by atoms with Crippen LogP contribution < -0.4 is 15.2 Å². The van der Waals surface area contributed by atoms with Crippen LogP contribution >= 0.6 is 7.82 Å². The quantitative estimate of drug-likeness (QED) is 0.290. The summed E-state index contributed by atoms with van der Waals surface area (Å²) in [7, 11) is -2.92. The highest BCUT2D eigenvalue weighted by molar-refractivity contribution is 7.46. The van der Waals surface area contributed by atoms with Gasteiger partial charge in [0.1, 0.15) is 17.8 Å². The molecule has 0 unspecified atom stereocenters. The van der Waals surface area contributed by atoms with Crippen LogP contribution in [0.15, 0.2) is 24.3 Å². The van der Waals surface area contributed by atoms with E-state index in [1.165, 1.54) is 51.2 Å². The molecule has 202 valence electrons. The number of amides is 3. The molecule has 0 spiro atoms. The van der Waals surface area contributed by atoms with Gasteiger partial charge in [-0.25, -0.2) is 4.57 Å². The molecule has 0 saturated heterocycles. The van der Waals surface area contributed by atoms with E-state index in [1.54, 1.807) is 24.1 Å². The first-order valence-electron chi connectivity index (χ1n) is 12.6. The molecular formula is C25H40N3O7P. The zero-order valence-electron chi connectivity index (χ0n) is 21.4. The van der Waals surface area contributed by atoms with E-state index in [1.807, 2.05) is 6.92 Å². The largest absolute Gasteiger partial charge is 0.524 e. The third kappa shape index (κ3) is 10.7. The molecule has 1 aliphatic rings. The van der Waals surface area contributed by atoms with Gasteiger partial charge in [0.15, 0.2) is 0 Å². The number of nitrogens with one attached hydrogen (secondary N) is 2. The van der Waals surface area contributed by atoms with Crippen molar-refractivity contribution in [1.82, 2.24) is 15.5 Å². The van der Waals surface area contributed by atoms with E-state index in [4.69, 9.17) is 9.79 Å². The molecule has 0 aliphatic heterocycles. The van der Waals surface area contributed by atoms with E-state index in [2.05, 4.69) is 15.2 Å². The van der Waals surface area contributed by atoms with Crippen LogP contribution in [0.5, 0.6) is 5.75 Å². The molecule has 1 aromatic carbocycles. The zero-order valence-corrected chi connectivity index (χ0v) is 22.3. The number of hydrogen-bond acceptors (Lipinski definition) is 5. The summed E-state index contributed by atoms with van der Waals surface area (Å²) >= 11 is 0. The zero-order chi connectivity index (χ0) is 26.7. The second-order valence-electron chi connectivity index (χ2n) is 9.56. The van der Waals surface area contributed by atoms with E-state index in [0.29, 0.717) is 18.5 Å². The smallest absolute Gasteiger partial charge is 0.404 e. The van der Waals surface area contributed by atoms with Crippen LogP contribution in [0.4, 0.5) is 0 Å². The van der Waals surface area contributed by atoms with Crippen LogP contribution in [-0.2, 0) is 25.4 Å².